The Hall–Kier alpha value is -0.780. The third kappa shape index (κ3) is 1.72. The van der Waals surface area contributed by atoms with Gasteiger partial charge in [-0.3, -0.25) is 0 Å². The minimum Gasteiger partial charge on any atom is -0.0584 e. The average molecular weight is 254 g/mol. The van der Waals surface area contributed by atoms with Crippen LogP contribution in [0.3, 0.4) is 0 Å². The largest absolute Gasteiger partial charge is 0.0584 e. The van der Waals surface area contributed by atoms with Crippen molar-refractivity contribution in [3.05, 3.63) is 34.4 Å². The summed E-state index contributed by atoms with van der Waals surface area (Å²) in [5, 5.41) is 0. The molecule has 0 radical (unpaired) electrons. The van der Waals surface area contributed by atoms with Gasteiger partial charge in [0.2, 0.25) is 0 Å². The van der Waals surface area contributed by atoms with Crippen LogP contribution in [0.1, 0.15) is 80.5 Å². The van der Waals surface area contributed by atoms with E-state index in [0.717, 1.165) is 11.8 Å². The average Bonchev–Trinajstić information content (AvgIpc) is 2.74. The summed E-state index contributed by atoms with van der Waals surface area (Å²) in [5.74, 6) is 1.91. The predicted molar refractivity (Wildman–Crippen MR) is 80.8 cm³/mol. The molecule has 0 aliphatic heterocycles. The van der Waals surface area contributed by atoms with Crippen molar-refractivity contribution < 1.29 is 0 Å². The standard InChI is InChI=1S/C19H26/c1-19(2)12-11-14-8-9-16-15-6-4-3-5-13(15)7-10-17(16)18(14)19/h8-9,13,15H,3-7,10-12H2,1-2H3/t13-,15+/m0/s1. The quantitative estimate of drug-likeness (QED) is 0.602. The van der Waals surface area contributed by atoms with Gasteiger partial charge in [-0.25, -0.2) is 0 Å². The number of benzene rings is 1. The molecule has 2 atom stereocenters. The molecule has 0 saturated heterocycles. The Morgan fingerprint density at radius 3 is 2.74 bits per heavy atom. The lowest BCUT2D eigenvalue weighted by Crippen LogP contribution is -2.26. The lowest BCUT2D eigenvalue weighted by atomic mass is 9.66. The van der Waals surface area contributed by atoms with Crippen LogP contribution in [0.5, 0.6) is 0 Å². The van der Waals surface area contributed by atoms with Gasteiger partial charge >= 0.3 is 0 Å². The number of hydrogen-bond acceptors (Lipinski definition) is 0. The molecule has 102 valence electrons. The van der Waals surface area contributed by atoms with Gasteiger partial charge in [-0.05, 0) is 78.0 Å². The van der Waals surface area contributed by atoms with Gasteiger partial charge in [0.05, 0.1) is 0 Å². The van der Waals surface area contributed by atoms with Crippen LogP contribution in [0.25, 0.3) is 0 Å². The first kappa shape index (κ1) is 12.0. The van der Waals surface area contributed by atoms with E-state index in [0.29, 0.717) is 5.41 Å². The maximum absolute atomic E-state index is 2.51. The molecular formula is C19H26. The number of fused-ring (bicyclic) bond motifs is 5. The molecule has 4 rings (SSSR count). The highest BCUT2D eigenvalue weighted by atomic mass is 14.4. The van der Waals surface area contributed by atoms with Crippen LogP contribution in [0.2, 0.25) is 0 Å². The summed E-state index contributed by atoms with van der Waals surface area (Å²) >= 11 is 0. The van der Waals surface area contributed by atoms with Crippen molar-refractivity contribution in [2.75, 3.05) is 0 Å². The Bertz CT molecular complexity index is 509. The molecule has 19 heavy (non-hydrogen) atoms. The molecule has 0 aromatic heterocycles. The Balaban J connectivity index is 1.85. The van der Waals surface area contributed by atoms with Crippen LogP contribution in [-0.2, 0) is 18.3 Å². The van der Waals surface area contributed by atoms with Gasteiger partial charge in [0.15, 0.2) is 0 Å². The van der Waals surface area contributed by atoms with Crippen molar-refractivity contribution in [2.45, 2.75) is 76.5 Å². The highest BCUT2D eigenvalue weighted by Crippen LogP contribution is 2.50. The first-order chi connectivity index (χ1) is 9.17. The summed E-state index contributed by atoms with van der Waals surface area (Å²) in [4.78, 5) is 0. The topological polar surface area (TPSA) is 0 Å². The third-order valence-electron chi connectivity index (χ3n) is 6.21. The third-order valence-corrected chi connectivity index (χ3v) is 6.21. The highest BCUT2D eigenvalue weighted by Gasteiger charge is 2.38. The summed E-state index contributed by atoms with van der Waals surface area (Å²) in [7, 11) is 0. The minimum atomic E-state index is 0.433. The van der Waals surface area contributed by atoms with Crippen molar-refractivity contribution in [1.29, 1.82) is 0 Å². The second-order valence-electron chi connectivity index (χ2n) is 7.74. The smallest absolute Gasteiger partial charge is 0.00948 e. The molecule has 1 aromatic rings. The summed E-state index contributed by atoms with van der Waals surface area (Å²) in [6.07, 6.45) is 11.4. The molecular weight excluding hydrogens is 228 g/mol. The fourth-order valence-corrected chi connectivity index (χ4v) is 5.25. The Morgan fingerprint density at radius 1 is 1.00 bits per heavy atom. The molecule has 0 nitrogen and oxygen atoms in total. The van der Waals surface area contributed by atoms with Gasteiger partial charge in [-0.15, -0.1) is 0 Å². The van der Waals surface area contributed by atoms with Crippen molar-refractivity contribution in [3.63, 3.8) is 0 Å². The van der Waals surface area contributed by atoms with Crippen molar-refractivity contribution in [1.82, 2.24) is 0 Å². The van der Waals surface area contributed by atoms with Crippen LogP contribution < -0.4 is 0 Å². The van der Waals surface area contributed by atoms with Crippen molar-refractivity contribution in [3.8, 4) is 0 Å². The van der Waals surface area contributed by atoms with E-state index in [1.165, 1.54) is 51.4 Å². The van der Waals surface area contributed by atoms with Crippen LogP contribution in [0.4, 0.5) is 0 Å². The number of hydrogen-bond donors (Lipinski definition) is 0. The normalized spacial score (nSPS) is 31.5. The molecule has 3 aliphatic carbocycles. The summed E-state index contributed by atoms with van der Waals surface area (Å²) < 4.78 is 0. The SMILES string of the molecule is CC1(C)CCc2ccc3c(c21)CC[C@@H]1CCCC[C@@H]31. The molecule has 1 aromatic carbocycles. The van der Waals surface area contributed by atoms with E-state index in [1.807, 2.05) is 0 Å². The summed E-state index contributed by atoms with van der Waals surface area (Å²) in [6, 6.07) is 4.98. The fourth-order valence-electron chi connectivity index (χ4n) is 5.25. The zero-order valence-electron chi connectivity index (χ0n) is 12.5. The van der Waals surface area contributed by atoms with E-state index in [-0.39, 0.29) is 0 Å². The van der Waals surface area contributed by atoms with Gasteiger partial charge in [-0.2, -0.15) is 0 Å². The van der Waals surface area contributed by atoms with Gasteiger partial charge < -0.3 is 0 Å². The molecule has 1 fully saturated rings. The number of aryl methyl sites for hydroxylation is 1. The number of rotatable bonds is 0. The lowest BCUT2D eigenvalue weighted by molar-refractivity contribution is 0.274. The van der Waals surface area contributed by atoms with E-state index in [4.69, 9.17) is 0 Å². The van der Waals surface area contributed by atoms with E-state index in [1.54, 1.807) is 22.3 Å². The van der Waals surface area contributed by atoms with Crippen LogP contribution in [-0.4, -0.2) is 0 Å². The molecule has 0 N–H and O–H groups in total. The molecule has 0 spiro atoms. The fraction of sp³-hybridized carbons (Fsp3) is 0.684. The molecule has 0 amide bonds. The molecule has 0 heteroatoms. The van der Waals surface area contributed by atoms with E-state index < -0.39 is 0 Å². The van der Waals surface area contributed by atoms with Crippen LogP contribution >= 0.6 is 0 Å². The Morgan fingerprint density at radius 2 is 1.84 bits per heavy atom. The molecule has 0 unspecified atom stereocenters. The Labute approximate surface area is 117 Å². The zero-order valence-corrected chi connectivity index (χ0v) is 12.5. The monoisotopic (exact) mass is 254 g/mol. The van der Waals surface area contributed by atoms with E-state index in [2.05, 4.69) is 26.0 Å². The van der Waals surface area contributed by atoms with Gasteiger partial charge in [0.25, 0.3) is 0 Å². The zero-order chi connectivity index (χ0) is 13.0. The second-order valence-corrected chi connectivity index (χ2v) is 7.74. The maximum atomic E-state index is 2.51. The van der Waals surface area contributed by atoms with Crippen LogP contribution in [0, 0.1) is 5.92 Å². The van der Waals surface area contributed by atoms with E-state index in [9.17, 15) is 0 Å². The summed E-state index contributed by atoms with van der Waals surface area (Å²) in [5.41, 5.74) is 7.39. The highest BCUT2D eigenvalue weighted by molar-refractivity contribution is 5.50. The lowest BCUT2D eigenvalue weighted by Gasteiger charge is -2.39. The molecule has 3 aliphatic rings. The minimum absolute atomic E-state index is 0.433. The van der Waals surface area contributed by atoms with Crippen molar-refractivity contribution in [2.24, 2.45) is 5.92 Å². The van der Waals surface area contributed by atoms with Gasteiger partial charge in [-0.1, -0.05) is 38.8 Å². The second kappa shape index (κ2) is 4.11. The maximum Gasteiger partial charge on any atom is -0.00948 e. The first-order valence-corrected chi connectivity index (χ1v) is 8.32. The molecule has 0 heterocycles. The summed E-state index contributed by atoms with van der Waals surface area (Å²) in [6.45, 7) is 4.93. The van der Waals surface area contributed by atoms with Crippen LogP contribution in [0.15, 0.2) is 12.1 Å². The molecule has 1 saturated carbocycles. The molecule has 0 bridgehead atoms. The van der Waals surface area contributed by atoms with Gasteiger partial charge in [0, 0.05) is 0 Å². The Kier molecular flexibility index (Phi) is 2.59. The van der Waals surface area contributed by atoms with E-state index >= 15 is 0 Å². The van der Waals surface area contributed by atoms with Gasteiger partial charge in [0.1, 0.15) is 0 Å². The predicted octanol–water partition coefficient (Wildman–Crippen LogP) is 5.13. The first-order valence-electron chi connectivity index (χ1n) is 8.32. The van der Waals surface area contributed by atoms with Crippen molar-refractivity contribution >= 4 is 0 Å².